The van der Waals surface area contributed by atoms with Crippen LogP contribution in [0.3, 0.4) is 0 Å². The Bertz CT molecular complexity index is 848. The average molecular weight is 388 g/mol. The Morgan fingerprint density at radius 2 is 2.00 bits per heavy atom. The van der Waals surface area contributed by atoms with Gasteiger partial charge in [-0.05, 0) is 67.1 Å². The van der Waals surface area contributed by atoms with Crippen LogP contribution < -0.4 is 10.1 Å². The molecule has 0 amide bonds. The van der Waals surface area contributed by atoms with Crippen LogP contribution in [0.5, 0.6) is 5.75 Å². The van der Waals surface area contributed by atoms with Crippen molar-refractivity contribution in [3.63, 3.8) is 0 Å². The van der Waals surface area contributed by atoms with Crippen molar-refractivity contribution in [1.29, 1.82) is 0 Å². The summed E-state index contributed by atoms with van der Waals surface area (Å²) in [6, 6.07) is 12.3. The van der Waals surface area contributed by atoms with Crippen molar-refractivity contribution in [2.75, 3.05) is 5.32 Å². The Hall–Kier alpha value is -1.64. The monoisotopic (exact) mass is 387 g/mol. The first kappa shape index (κ1) is 17.8. The fraction of sp³-hybridized carbons (Fsp3) is 0.364. The molecule has 2 aliphatic rings. The Morgan fingerprint density at radius 1 is 1.15 bits per heavy atom. The Balaban J connectivity index is 1.70. The van der Waals surface area contributed by atoms with Gasteiger partial charge in [-0.3, -0.25) is 0 Å². The first-order valence-electron chi connectivity index (χ1n) is 9.25. The topological polar surface area (TPSA) is 21.3 Å². The third-order valence-electron chi connectivity index (χ3n) is 5.54. The van der Waals surface area contributed by atoms with E-state index in [-0.39, 0.29) is 12.1 Å². The van der Waals surface area contributed by atoms with Gasteiger partial charge < -0.3 is 10.1 Å². The molecule has 0 spiro atoms. The molecule has 0 fully saturated rings. The van der Waals surface area contributed by atoms with Crippen molar-refractivity contribution in [2.45, 2.75) is 44.8 Å². The maximum absolute atomic E-state index is 6.51. The predicted molar refractivity (Wildman–Crippen MR) is 110 cm³/mol. The van der Waals surface area contributed by atoms with Gasteiger partial charge in [-0.25, -0.2) is 0 Å². The number of rotatable bonds is 4. The molecule has 0 aromatic heterocycles. The lowest BCUT2D eigenvalue weighted by Crippen LogP contribution is -2.29. The van der Waals surface area contributed by atoms with Gasteiger partial charge in [-0.2, -0.15) is 0 Å². The summed E-state index contributed by atoms with van der Waals surface area (Å²) in [6.45, 7) is 4.25. The maximum atomic E-state index is 6.51. The summed E-state index contributed by atoms with van der Waals surface area (Å²) in [4.78, 5) is 0. The minimum absolute atomic E-state index is 0.175. The fourth-order valence-corrected chi connectivity index (χ4v) is 4.55. The van der Waals surface area contributed by atoms with Gasteiger partial charge in [0, 0.05) is 21.7 Å². The van der Waals surface area contributed by atoms with Crippen molar-refractivity contribution in [2.24, 2.45) is 5.92 Å². The third kappa shape index (κ3) is 3.21. The molecule has 2 nitrogen and oxygen atoms in total. The van der Waals surface area contributed by atoms with Crippen LogP contribution in [0.15, 0.2) is 48.6 Å². The van der Waals surface area contributed by atoms with Gasteiger partial charge in [0.1, 0.15) is 5.75 Å². The number of nitrogens with one attached hydrogen (secondary N) is 1. The molecule has 4 unspecified atom stereocenters. The zero-order valence-corrected chi connectivity index (χ0v) is 16.5. The van der Waals surface area contributed by atoms with E-state index in [0.29, 0.717) is 16.9 Å². The number of fused-ring (bicyclic) bond motifs is 3. The SMILES string of the molecule is CCC(C)Oc1ccc2c(c1)C1C=CCC1C(c1ccc(Cl)cc1Cl)N2. The molecule has 0 radical (unpaired) electrons. The lowest BCUT2D eigenvalue weighted by molar-refractivity contribution is 0.217. The van der Waals surface area contributed by atoms with Crippen LogP contribution in [-0.2, 0) is 0 Å². The van der Waals surface area contributed by atoms with Gasteiger partial charge in [-0.1, -0.05) is 48.3 Å². The summed E-state index contributed by atoms with van der Waals surface area (Å²) in [5.74, 6) is 1.77. The van der Waals surface area contributed by atoms with Crippen molar-refractivity contribution in [1.82, 2.24) is 0 Å². The molecule has 2 aromatic carbocycles. The van der Waals surface area contributed by atoms with Crippen molar-refractivity contribution < 1.29 is 4.74 Å². The summed E-state index contributed by atoms with van der Waals surface area (Å²) in [6.07, 6.45) is 6.87. The van der Waals surface area contributed by atoms with E-state index in [2.05, 4.69) is 49.5 Å². The minimum atomic E-state index is 0.175. The lowest BCUT2D eigenvalue weighted by Gasteiger charge is -2.38. The largest absolute Gasteiger partial charge is 0.491 e. The summed E-state index contributed by atoms with van der Waals surface area (Å²) in [5.41, 5.74) is 3.58. The zero-order chi connectivity index (χ0) is 18.3. The molecule has 1 aliphatic carbocycles. The summed E-state index contributed by atoms with van der Waals surface area (Å²) >= 11 is 12.6. The molecule has 0 saturated carbocycles. The number of ether oxygens (including phenoxy) is 1. The van der Waals surface area contributed by atoms with E-state index in [9.17, 15) is 0 Å². The number of halogens is 2. The quantitative estimate of drug-likeness (QED) is 0.570. The highest BCUT2D eigenvalue weighted by molar-refractivity contribution is 6.35. The van der Waals surface area contributed by atoms with Gasteiger partial charge in [0.15, 0.2) is 0 Å². The number of hydrogen-bond donors (Lipinski definition) is 1. The molecular formula is C22H23Cl2NO. The highest BCUT2D eigenvalue weighted by Gasteiger charge is 2.38. The summed E-state index contributed by atoms with van der Waals surface area (Å²) in [5, 5.41) is 5.11. The van der Waals surface area contributed by atoms with Crippen LogP contribution in [0, 0.1) is 5.92 Å². The van der Waals surface area contributed by atoms with Gasteiger partial charge in [0.25, 0.3) is 0 Å². The zero-order valence-electron chi connectivity index (χ0n) is 15.0. The number of allylic oxidation sites excluding steroid dienone is 2. The molecule has 26 heavy (non-hydrogen) atoms. The molecule has 1 heterocycles. The van der Waals surface area contributed by atoms with Gasteiger partial charge in [0.05, 0.1) is 12.1 Å². The first-order chi connectivity index (χ1) is 12.6. The van der Waals surface area contributed by atoms with Crippen LogP contribution in [0.4, 0.5) is 5.69 Å². The molecule has 4 rings (SSSR count). The van der Waals surface area contributed by atoms with E-state index in [4.69, 9.17) is 27.9 Å². The van der Waals surface area contributed by atoms with Crippen molar-refractivity contribution in [3.05, 3.63) is 69.7 Å². The molecule has 4 atom stereocenters. The fourth-order valence-electron chi connectivity index (χ4n) is 4.02. The second-order valence-corrected chi connectivity index (χ2v) is 8.07. The normalized spacial score (nSPS) is 24.5. The standard InChI is InChI=1S/C22H23Cl2NO/c1-3-13(2)26-15-8-10-21-19(12-15)16-5-4-6-17(16)22(25-21)18-9-7-14(23)11-20(18)24/h4-5,7-13,16-17,22,25H,3,6H2,1-2H3. The molecule has 136 valence electrons. The highest BCUT2D eigenvalue weighted by Crippen LogP contribution is 2.51. The minimum Gasteiger partial charge on any atom is -0.491 e. The van der Waals surface area contributed by atoms with E-state index in [1.54, 1.807) is 0 Å². The Labute approximate surface area is 165 Å². The van der Waals surface area contributed by atoms with Crippen LogP contribution in [0.25, 0.3) is 0 Å². The third-order valence-corrected chi connectivity index (χ3v) is 6.11. The Kier molecular flexibility index (Phi) is 4.90. The van der Waals surface area contributed by atoms with Crippen LogP contribution >= 0.6 is 23.2 Å². The van der Waals surface area contributed by atoms with E-state index in [1.807, 2.05) is 18.2 Å². The molecule has 4 heteroatoms. The van der Waals surface area contributed by atoms with Crippen LogP contribution in [-0.4, -0.2) is 6.10 Å². The molecule has 1 N–H and O–H groups in total. The predicted octanol–water partition coefficient (Wildman–Crippen LogP) is 7.00. The van der Waals surface area contributed by atoms with Gasteiger partial charge in [0.2, 0.25) is 0 Å². The van der Waals surface area contributed by atoms with E-state index in [0.717, 1.165) is 34.9 Å². The molecular weight excluding hydrogens is 365 g/mol. The van der Waals surface area contributed by atoms with Crippen LogP contribution in [0.1, 0.15) is 49.8 Å². The van der Waals surface area contributed by atoms with Gasteiger partial charge >= 0.3 is 0 Å². The van der Waals surface area contributed by atoms with E-state index in [1.165, 1.54) is 5.56 Å². The number of benzene rings is 2. The highest BCUT2D eigenvalue weighted by atomic mass is 35.5. The van der Waals surface area contributed by atoms with Gasteiger partial charge in [-0.15, -0.1) is 0 Å². The molecule has 0 bridgehead atoms. The summed E-state index contributed by atoms with van der Waals surface area (Å²) in [7, 11) is 0. The average Bonchev–Trinajstić information content (AvgIpc) is 3.11. The second-order valence-electron chi connectivity index (χ2n) is 7.23. The number of hydrogen-bond acceptors (Lipinski definition) is 2. The molecule has 0 saturated heterocycles. The number of anilines is 1. The van der Waals surface area contributed by atoms with E-state index < -0.39 is 0 Å². The summed E-state index contributed by atoms with van der Waals surface area (Å²) < 4.78 is 6.03. The second kappa shape index (κ2) is 7.17. The molecule has 1 aliphatic heterocycles. The Morgan fingerprint density at radius 3 is 2.77 bits per heavy atom. The lowest BCUT2D eigenvalue weighted by atomic mass is 9.77. The maximum Gasteiger partial charge on any atom is 0.120 e. The smallest absolute Gasteiger partial charge is 0.120 e. The van der Waals surface area contributed by atoms with Crippen molar-refractivity contribution in [3.8, 4) is 5.75 Å². The van der Waals surface area contributed by atoms with Crippen LogP contribution in [0.2, 0.25) is 10.0 Å². The first-order valence-corrected chi connectivity index (χ1v) is 10.0. The van der Waals surface area contributed by atoms with Crippen molar-refractivity contribution >= 4 is 28.9 Å². The van der Waals surface area contributed by atoms with E-state index >= 15 is 0 Å². The molecule has 2 aromatic rings.